The molecule has 0 heterocycles. The van der Waals surface area contributed by atoms with E-state index in [-0.39, 0.29) is 10.2 Å². The Morgan fingerprint density at radius 2 is 1.69 bits per heavy atom. The number of hydrogen-bond donors (Lipinski definition) is 2. The molecule has 1 rings (SSSR count). The van der Waals surface area contributed by atoms with Crippen molar-refractivity contribution in [2.45, 2.75) is 6.18 Å². The first-order chi connectivity index (χ1) is 5.84. The predicted molar refractivity (Wildman–Crippen MR) is 48.0 cm³/mol. The minimum absolute atomic E-state index is 0.0736. The summed E-state index contributed by atoms with van der Waals surface area (Å²) in [5.74, 6) is 0. The fourth-order valence-corrected chi connectivity index (χ4v) is 1.47. The quantitative estimate of drug-likeness (QED) is 0.700. The van der Waals surface area contributed by atoms with Crippen molar-refractivity contribution in [3.8, 4) is 0 Å². The largest absolute Gasteiger partial charge is 0.419 e. The van der Waals surface area contributed by atoms with Crippen LogP contribution in [0.5, 0.6) is 0 Å². The number of nitrogen functional groups attached to an aromatic ring is 2. The van der Waals surface area contributed by atoms with E-state index in [9.17, 15) is 13.2 Å². The van der Waals surface area contributed by atoms with Crippen LogP contribution in [0.1, 0.15) is 5.56 Å². The number of alkyl halides is 3. The van der Waals surface area contributed by atoms with Crippen molar-refractivity contribution >= 4 is 27.3 Å². The van der Waals surface area contributed by atoms with Crippen LogP contribution in [0.3, 0.4) is 0 Å². The second kappa shape index (κ2) is 3.10. The van der Waals surface area contributed by atoms with Crippen LogP contribution in [-0.2, 0) is 6.18 Å². The Labute approximate surface area is 80.8 Å². The van der Waals surface area contributed by atoms with Crippen LogP contribution in [0.2, 0.25) is 0 Å². The van der Waals surface area contributed by atoms with Gasteiger partial charge in [0.1, 0.15) is 0 Å². The molecule has 2 nitrogen and oxygen atoms in total. The van der Waals surface area contributed by atoms with Crippen molar-refractivity contribution in [1.82, 2.24) is 0 Å². The molecule has 4 N–H and O–H groups in total. The van der Waals surface area contributed by atoms with Crippen molar-refractivity contribution in [1.29, 1.82) is 0 Å². The fourth-order valence-electron chi connectivity index (χ4n) is 0.897. The smallest absolute Gasteiger partial charge is 0.397 e. The lowest BCUT2D eigenvalue weighted by atomic mass is 10.1. The van der Waals surface area contributed by atoms with Crippen molar-refractivity contribution in [2.75, 3.05) is 11.5 Å². The van der Waals surface area contributed by atoms with Gasteiger partial charge in [0.25, 0.3) is 0 Å². The summed E-state index contributed by atoms with van der Waals surface area (Å²) in [4.78, 5) is 0. The minimum Gasteiger partial charge on any atom is -0.397 e. The van der Waals surface area contributed by atoms with Crippen molar-refractivity contribution in [3.63, 3.8) is 0 Å². The van der Waals surface area contributed by atoms with E-state index in [2.05, 4.69) is 15.9 Å². The Bertz CT molecular complexity index is 335. The van der Waals surface area contributed by atoms with E-state index in [0.29, 0.717) is 0 Å². The number of anilines is 2. The maximum Gasteiger partial charge on any atom is 0.419 e. The Morgan fingerprint density at radius 1 is 1.15 bits per heavy atom. The number of rotatable bonds is 0. The normalized spacial score (nSPS) is 11.7. The van der Waals surface area contributed by atoms with Crippen LogP contribution in [0.15, 0.2) is 16.6 Å². The summed E-state index contributed by atoms with van der Waals surface area (Å²) < 4.78 is 36.9. The third-order valence-electron chi connectivity index (χ3n) is 1.51. The summed E-state index contributed by atoms with van der Waals surface area (Å²) in [6.07, 6.45) is -4.49. The molecule has 72 valence electrons. The fraction of sp³-hybridized carbons (Fsp3) is 0.143. The number of halogens is 4. The lowest BCUT2D eigenvalue weighted by Crippen LogP contribution is -2.11. The summed E-state index contributed by atoms with van der Waals surface area (Å²) in [6, 6.07) is 2.53. The van der Waals surface area contributed by atoms with Gasteiger partial charge in [-0.3, -0.25) is 0 Å². The van der Waals surface area contributed by atoms with E-state index in [1.807, 2.05) is 0 Å². The molecule has 0 aliphatic carbocycles. The zero-order valence-electron chi connectivity index (χ0n) is 6.32. The highest BCUT2D eigenvalue weighted by molar-refractivity contribution is 9.10. The first-order valence-electron chi connectivity index (χ1n) is 3.24. The molecule has 6 heteroatoms. The van der Waals surface area contributed by atoms with Crippen LogP contribution in [0.25, 0.3) is 0 Å². The number of benzene rings is 1. The Morgan fingerprint density at radius 3 is 2.08 bits per heavy atom. The maximum atomic E-state index is 12.3. The zero-order chi connectivity index (χ0) is 10.2. The summed E-state index contributed by atoms with van der Waals surface area (Å²) in [5.41, 5.74) is 9.00. The maximum absolute atomic E-state index is 12.3. The van der Waals surface area contributed by atoms with E-state index in [1.165, 1.54) is 12.1 Å². The number of hydrogen-bond acceptors (Lipinski definition) is 2. The minimum atomic E-state index is -4.49. The van der Waals surface area contributed by atoms with Crippen LogP contribution >= 0.6 is 15.9 Å². The molecule has 13 heavy (non-hydrogen) atoms. The SMILES string of the molecule is Nc1ccc(Br)c(C(F)(F)F)c1N. The molecule has 0 spiro atoms. The van der Waals surface area contributed by atoms with E-state index < -0.39 is 17.4 Å². The van der Waals surface area contributed by atoms with Crippen LogP contribution in [-0.4, -0.2) is 0 Å². The lowest BCUT2D eigenvalue weighted by Gasteiger charge is -2.13. The Kier molecular flexibility index (Phi) is 2.42. The highest BCUT2D eigenvalue weighted by atomic mass is 79.9. The molecule has 0 saturated heterocycles. The second-order valence-corrected chi connectivity index (χ2v) is 3.28. The van der Waals surface area contributed by atoms with Gasteiger partial charge in [0, 0.05) is 4.47 Å². The molecule has 0 amide bonds. The average Bonchev–Trinajstić information content (AvgIpc) is 1.95. The van der Waals surface area contributed by atoms with Gasteiger partial charge in [0.2, 0.25) is 0 Å². The molecule has 0 unspecified atom stereocenters. The first kappa shape index (κ1) is 10.2. The molecule has 1 aromatic carbocycles. The molecule has 0 bridgehead atoms. The van der Waals surface area contributed by atoms with Crippen molar-refractivity contribution in [3.05, 3.63) is 22.2 Å². The van der Waals surface area contributed by atoms with Crippen molar-refractivity contribution in [2.24, 2.45) is 0 Å². The molecular formula is C7H6BrF3N2. The summed E-state index contributed by atoms with van der Waals surface area (Å²) in [6.45, 7) is 0. The van der Waals surface area contributed by atoms with Gasteiger partial charge in [-0.1, -0.05) is 15.9 Å². The molecule has 0 atom stereocenters. The molecule has 0 aliphatic heterocycles. The molecule has 0 radical (unpaired) electrons. The third-order valence-corrected chi connectivity index (χ3v) is 2.17. The average molecular weight is 255 g/mol. The second-order valence-electron chi connectivity index (χ2n) is 2.42. The van der Waals surface area contributed by atoms with Crippen LogP contribution < -0.4 is 11.5 Å². The monoisotopic (exact) mass is 254 g/mol. The van der Waals surface area contributed by atoms with Gasteiger partial charge in [0.15, 0.2) is 0 Å². The van der Waals surface area contributed by atoms with Gasteiger partial charge in [-0.2, -0.15) is 13.2 Å². The summed E-state index contributed by atoms with van der Waals surface area (Å²) in [7, 11) is 0. The molecular weight excluding hydrogens is 249 g/mol. The highest BCUT2D eigenvalue weighted by Crippen LogP contribution is 2.40. The lowest BCUT2D eigenvalue weighted by molar-refractivity contribution is -0.137. The molecule has 0 saturated carbocycles. The van der Waals surface area contributed by atoms with Gasteiger partial charge in [-0.05, 0) is 12.1 Å². The van der Waals surface area contributed by atoms with E-state index >= 15 is 0 Å². The summed E-state index contributed by atoms with van der Waals surface area (Å²) in [5, 5.41) is 0. The van der Waals surface area contributed by atoms with Crippen LogP contribution in [0.4, 0.5) is 24.5 Å². The van der Waals surface area contributed by atoms with Crippen LogP contribution in [0, 0.1) is 0 Å². The van der Waals surface area contributed by atoms with Gasteiger partial charge in [0.05, 0.1) is 16.9 Å². The molecule has 0 fully saturated rings. The van der Waals surface area contributed by atoms with Crippen molar-refractivity contribution < 1.29 is 13.2 Å². The van der Waals surface area contributed by atoms with Gasteiger partial charge < -0.3 is 11.5 Å². The van der Waals surface area contributed by atoms with Gasteiger partial charge >= 0.3 is 6.18 Å². The van der Waals surface area contributed by atoms with E-state index in [1.54, 1.807) is 0 Å². The third kappa shape index (κ3) is 1.88. The molecule has 1 aromatic rings. The van der Waals surface area contributed by atoms with Gasteiger partial charge in [-0.15, -0.1) is 0 Å². The standard InChI is InChI=1S/C7H6BrF3N2/c8-3-1-2-4(12)6(13)5(3)7(9,10)11/h1-2H,12-13H2. The Hall–Kier alpha value is -0.910. The predicted octanol–water partition coefficient (Wildman–Crippen LogP) is 2.63. The van der Waals surface area contributed by atoms with E-state index in [4.69, 9.17) is 11.5 Å². The Balaban J connectivity index is 3.43. The number of nitrogens with two attached hydrogens (primary N) is 2. The van der Waals surface area contributed by atoms with E-state index in [0.717, 1.165) is 0 Å². The molecule has 0 aromatic heterocycles. The first-order valence-corrected chi connectivity index (χ1v) is 4.04. The van der Waals surface area contributed by atoms with Gasteiger partial charge in [-0.25, -0.2) is 0 Å². The highest BCUT2D eigenvalue weighted by Gasteiger charge is 2.35. The zero-order valence-corrected chi connectivity index (χ0v) is 7.91. The molecule has 0 aliphatic rings. The topological polar surface area (TPSA) is 52.0 Å². The summed E-state index contributed by atoms with van der Waals surface area (Å²) >= 11 is 2.76.